The van der Waals surface area contributed by atoms with Crippen molar-refractivity contribution in [2.75, 3.05) is 44.7 Å². The zero-order valence-corrected chi connectivity index (χ0v) is 14.6. The lowest BCUT2D eigenvalue weighted by molar-refractivity contribution is 0.0398. The van der Waals surface area contributed by atoms with Crippen molar-refractivity contribution in [2.45, 2.75) is 13.8 Å². The van der Waals surface area contributed by atoms with Gasteiger partial charge in [-0.2, -0.15) is 0 Å². The predicted molar refractivity (Wildman–Crippen MR) is 95.0 cm³/mol. The van der Waals surface area contributed by atoms with Crippen LogP contribution in [-0.2, 0) is 4.74 Å². The molecule has 0 amide bonds. The quantitative estimate of drug-likeness (QED) is 0.894. The van der Waals surface area contributed by atoms with Crippen LogP contribution in [0.25, 0.3) is 5.69 Å². The molecule has 0 radical (unpaired) electrons. The number of aromatic nitrogens is 2. The average molecular weight is 346 g/mol. The van der Waals surface area contributed by atoms with Crippen molar-refractivity contribution < 1.29 is 9.13 Å². The summed E-state index contributed by atoms with van der Waals surface area (Å²) >= 11 is 0. The zero-order chi connectivity index (χ0) is 17.8. The van der Waals surface area contributed by atoms with Crippen molar-refractivity contribution in [2.24, 2.45) is 0 Å². The van der Waals surface area contributed by atoms with Crippen LogP contribution in [0.15, 0.2) is 29.1 Å². The van der Waals surface area contributed by atoms with Crippen LogP contribution in [0, 0.1) is 19.7 Å². The van der Waals surface area contributed by atoms with Crippen molar-refractivity contribution in [3.8, 4) is 5.69 Å². The van der Waals surface area contributed by atoms with Crippen molar-refractivity contribution >= 4 is 5.69 Å². The van der Waals surface area contributed by atoms with Crippen molar-refractivity contribution in [3.63, 3.8) is 0 Å². The highest BCUT2D eigenvalue weighted by molar-refractivity contribution is 5.50. The van der Waals surface area contributed by atoms with Gasteiger partial charge in [-0.25, -0.2) is 9.37 Å². The molecular weight excluding hydrogens is 323 g/mol. The standard InChI is InChI=1S/C18H23FN4O2/c1-13-11-18(24)23(14(2)21-13)15-3-4-17(16(19)12-15)20-5-6-22-7-9-25-10-8-22/h3-4,11-12,20H,5-10H2,1-2H3. The fourth-order valence-corrected chi connectivity index (χ4v) is 3.01. The fraction of sp³-hybridized carbons (Fsp3) is 0.444. The minimum atomic E-state index is -0.383. The number of halogens is 1. The molecule has 0 atom stereocenters. The fourth-order valence-electron chi connectivity index (χ4n) is 3.01. The van der Waals surface area contributed by atoms with Crippen molar-refractivity contribution in [3.05, 3.63) is 52.0 Å². The van der Waals surface area contributed by atoms with Crippen LogP contribution in [0.2, 0.25) is 0 Å². The molecule has 0 spiro atoms. The first-order valence-corrected chi connectivity index (χ1v) is 8.46. The third kappa shape index (κ3) is 4.24. The van der Waals surface area contributed by atoms with Gasteiger partial charge in [0.15, 0.2) is 0 Å². The molecule has 0 aliphatic carbocycles. The van der Waals surface area contributed by atoms with Crippen LogP contribution >= 0.6 is 0 Å². The number of aryl methyl sites for hydroxylation is 2. The number of nitrogens with one attached hydrogen (secondary N) is 1. The van der Waals surface area contributed by atoms with Gasteiger partial charge in [-0.15, -0.1) is 0 Å². The lowest BCUT2D eigenvalue weighted by Gasteiger charge is -2.26. The Labute approximate surface area is 146 Å². The first-order valence-electron chi connectivity index (χ1n) is 8.46. The van der Waals surface area contributed by atoms with Crippen molar-refractivity contribution in [1.29, 1.82) is 0 Å². The highest BCUT2D eigenvalue weighted by atomic mass is 19.1. The summed E-state index contributed by atoms with van der Waals surface area (Å²) in [7, 11) is 0. The van der Waals surface area contributed by atoms with Gasteiger partial charge in [0.05, 0.1) is 24.6 Å². The van der Waals surface area contributed by atoms with E-state index < -0.39 is 0 Å². The molecule has 6 nitrogen and oxygen atoms in total. The minimum absolute atomic E-state index is 0.211. The summed E-state index contributed by atoms with van der Waals surface area (Å²) in [6.45, 7) is 8.31. The molecule has 1 saturated heterocycles. The highest BCUT2D eigenvalue weighted by Gasteiger charge is 2.11. The Morgan fingerprint density at radius 1 is 1.24 bits per heavy atom. The number of hydrogen-bond donors (Lipinski definition) is 1. The van der Waals surface area contributed by atoms with Gasteiger partial charge < -0.3 is 10.1 Å². The molecule has 1 aromatic carbocycles. The first kappa shape index (κ1) is 17.6. The summed E-state index contributed by atoms with van der Waals surface area (Å²) < 4.78 is 21.1. The second-order valence-electron chi connectivity index (χ2n) is 6.16. The Morgan fingerprint density at radius 3 is 2.68 bits per heavy atom. The molecule has 2 heterocycles. The topological polar surface area (TPSA) is 59.4 Å². The predicted octanol–water partition coefficient (Wildman–Crippen LogP) is 1.73. The SMILES string of the molecule is Cc1cc(=O)n(-c2ccc(NCCN3CCOCC3)c(F)c2)c(C)n1. The second kappa shape index (κ2) is 7.76. The lowest BCUT2D eigenvalue weighted by Crippen LogP contribution is -2.39. The van der Waals surface area contributed by atoms with Gasteiger partial charge >= 0.3 is 0 Å². The highest BCUT2D eigenvalue weighted by Crippen LogP contribution is 2.18. The van der Waals surface area contributed by atoms with Crippen LogP contribution in [0.5, 0.6) is 0 Å². The summed E-state index contributed by atoms with van der Waals surface area (Å²) in [6, 6.07) is 6.20. The molecule has 134 valence electrons. The molecule has 25 heavy (non-hydrogen) atoms. The monoisotopic (exact) mass is 346 g/mol. The number of hydrogen-bond acceptors (Lipinski definition) is 5. The van der Waals surface area contributed by atoms with E-state index in [1.807, 2.05) is 0 Å². The molecule has 1 aromatic heterocycles. The van der Waals surface area contributed by atoms with Gasteiger partial charge in [-0.05, 0) is 26.0 Å². The van der Waals surface area contributed by atoms with Gasteiger partial charge in [-0.1, -0.05) is 0 Å². The number of morpholine rings is 1. The van der Waals surface area contributed by atoms with Gasteiger partial charge in [0.2, 0.25) is 0 Å². The van der Waals surface area contributed by atoms with Crippen LogP contribution in [0.4, 0.5) is 10.1 Å². The molecule has 1 aliphatic heterocycles. The molecule has 1 aliphatic rings. The van der Waals surface area contributed by atoms with Gasteiger partial charge in [0.25, 0.3) is 5.56 Å². The number of ether oxygens (including phenoxy) is 1. The zero-order valence-electron chi connectivity index (χ0n) is 14.6. The van der Waals surface area contributed by atoms with Gasteiger partial charge in [0.1, 0.15) is 11.6 Å². The summed E-state index contributed by atoms with van der Waals surface area (Å²) in [5.74, 6) is 0.156. The maximum atomic E-state index is 14.4. The number of benzene rings is 1. The maximum absolute atomic E-state index is 14.4. The molecular formula is C18H23FN4O2. The number of anilines is 1. The Hall–Kier alpha value is -2.25. The lowest BCUT2D eigenvalue weighted by atomic mass is 10.2. The normalized spacial score (nSPS) is 15.3. The molecule has 1 N–H and O–H groups in total. The molecule has 0 bridgehead atoms. The third-order valence-electron chi connectivity index (χ3n) is 4.27. The van der Waals surface area contributed by atoms with E-state index in [0.29, 0.717) is 29.4 Å². The molecule has 1 fully saturated rings. The van der Waals surface area contributed by atoms with Crippen molar-refractivity contribution in [1.82, 2.24) is 14.5 Å². The summed E-state index contributed by atoms with van der Waals surface area (Å²) in [5, 5.41) is 3.12. The minimum Gasteiger partial charge on any atom is -0.381 e. The van der Waals surface area contributed by atoms with Crippen LogP contribution in [-0.4, -0.2) is 53.8 Å². The van der Waals surface area contributed by atoms with E-state index in [-0.39, 0.29) is 11.4 Å². The van der Waals surface area contributed by atoms with E-state index in [4.69, 9.17) is 4.74 Å². The average Bonchev–Trinajstić information content (AvgIpc) is 2.57. The van der Waals surface area contributed by atoms with E-state index in [9.17, 15) is 9.18 Å². The van der Waals surface area contributed by atoms with Crippen LogP contribution < -0.4 is 10.9 Å². The summed E-state index contributed by atoms with van der Waals surface area (Å²) in [6.07, 6.45) is 0. The molecule has 2 aromatic rings. The summed E-state index contributed by atoms with van der Waals surface area (Å²) in [5.41, 5.74) is 1.35. The smallest absolute Gasteiger partial charge is 0.258 e. The van der Waals surface area contributed by atoms with Crippen LogP contribution in [0.3, 0.4) is 0 Å². The first-order chi connectivity index (χ1) is 12.0. The van der Waals surface area contributed by atoms with Gasteiger partial charge in [0, 0.05) is 44.0 Å². The Balaban J connectivity index is 1.70. The number of rotatable bonds is 5. The van der Waals surface area contributed by atoms with Crippen LogP contribution in [0.1, 0.15) is 11.5 Å². The van der Waals surface area contributed by atoms with Gasteiger partial charge in [-0.3, -0.25) is 14.3 Å². The second-order valence-corrected chi connectivity index (χ2v) is 6.16. The molecule has 0 saturated carbocycles. The van der Waals surface area contributed by atoms with E-state index in [2.05, 4.69) is 15.2 Å². The van der Waals surface area contributed by atoms with E-state index in [1.54, 1.807) is 26.0 Å². The van der Waals surface area contributed by atoms with E-state index in [0.717, 1.165) is 32.8 Å². The maximum Gasteiger partial charge on any atom is 0.258 e. The Bertz CT molecular complexity index is 800. The third-order valence-corrected chi connectivity index (χ3v) is 4.27. The largest absolute Gasteiger partial charge is 0.381 e. The number of nitrogens with zero attached hydrogens (tertiary/aromatic N) is 3. The van der Waals surface area contributed by atoms with E-state index >= 15 is 0 Å². The Morgan fingerprint density at radius 2 is 2.00 bits per heavy atom. The molecule has 0 unspecified atom stereocenters. The Kier molecular flexibility index (Phi) is 5.45. The molecule has 3 rings (SSSR count). The van der Waals surface area contributed by atoms with E-state index in [1.165, 1.54) is 16.7 Å². The summed E-state index contributed by atoms with van der Waals surface area (Å²) in [4.78, 5) is 18.7. The molecule has 7 heteroatoms.